The summed E-state index contributed by atoms with van der Waals surface area (Å²) in [4.78, 5) is 15.4. The fraction of sp³-hybridized carbons (Fsp3) is 0.636. The van der Waals surface area contributed by atoms with Crippen molar-refractivity contribution in [2.75, 3.05) is 23.4 Å². The minimum atomic E-state index is -0.458. The molecule has 1 heterocycles. The summed E-state index contributed by atoms with van der Waals surface area (Å²) in [6.07, 6.45) is 1.31. The van der Waals surface area contributed by atoms with Crippen LogP contribution < -0.4 is 5.32 Å². The molecule has 0 radical (unpaired) electrons. The van der Waals surface area contributed by atoms with Crippen molar-refractivity contribution in [1.82, 2.24) is 4.98 Å². The van der Waals surface area contributed by atoms with E-state index in [0.717, 1.165) is 11.5 Å². The summed E-state index contributed by atoms with van der Waals surface area (Å²) in [5, 5.41) is 3.09. The summed E-state index contributed by atoms with van der Waals surface area (Å²) in [6, 6.07) is 0.603. The zero-order valence-corrected chi connectivity index (χ0v) is 11.2. The van der Waals surface area contributed by atoms with Gasteiger partial charge in [-0.25, -0.2) is 4.79 Å². The largest absolute Gasteiger partial charge is 0.461 e. The smallest absolute Gasteiger partial charge is 0.360 e. The van der Waals surface area contributed by atoms with Crippen molar-refractivity contribution in [1.29, 1.82) is 0 Å². The molecule has 17 heavy (non-hydrogen) atoms. The third-order valence-corrected chi connectivity index (χ3v) is 3.07. The van der Waals surface area contributed by atoms with Crippen molar-refractivity contribution in [3.05, 3.63) is 12.0 Å². The zero-order valence-electron chi connectivity index (χ0n) is 10.4. The maximum atomic E-state index is 11.3. The number of oxazole rings is 1. The minimum Gasteiger partial charge on any atom is -0.461 e. The van der Waals surface area contributed by atoms with Gasteiger partial charge in [0.05, 0.1) is 6.61 Å². The van der Waals surface area contributed by atoms with E-state index >= 15 is 0 Å². The molecular formula is C11H18N2O3S. The first-order chi connectivity index (χ1) is 8.17. The van der Waals surface area contributed by atoms with Gasteiger partial charge in [0.2, 0.25) is 0 Å². The Morgan fingerprint density at radius 2 is 2.41 bits per heavy atom. The Balaban J connectivity index is 2.47. The number of esters is 1. The average Bonchev–Trinajstić information content (AvgIpc) is 2.75. The van der Waals surface area contributed by atoms with E-state index in [1.807, 2.05) is 18.7 Å². The second-order valence-corrected chi connectivity index (χ2v) is 4.78. The SMILES string of the molecule is CCOC(=O)c1coc(NC(C)CSCC)n1. The highest BCUT2D eigenvalue weighted by Gasteiger charge is 2.14. The summed E-state index contributed by atoms with van der Waals surface area (Å²) >= 11 is 1.83. The third-order valence-electron chi connectivity index (χ3n) is 1.93. The molecule has 5 nitrogen and oxygen atoms in total. The van der Waals surface area contributed by atoms with E-state index in [2.05, 4.69) is 17.2 Å². The highest BCUT2D eigenvalue weighted by molar-refractivity contribution is 7.99. The Labute approximate surface area is 105 Å². The highest BCUT2D eigenvalue weighted by Crippen LogP contribution is 2.12. The predicted molar refractivity (Wildman–Crippen MR) is 68.5 cm³/mol. The van der Waals surface area contributed by atoms with Gasteiger partial charge < -0.3 is 14.5 Å². The number of carbonyl (C=O) groups is 1. The van der Waals surface area contributed by atoms with E-state index in [-0.39, 0.29) is 11.7 Å². The molecule has 6 heteroatoms. The Morgan fingerprint density at radius 1 is 1.65 bits per heavy atom. The second-order valence-electron chi connectivity index (χ2n) is 3.46. The number of anilines is 1. The minimum absolute atomic E-state index is 0.199. The van der Waals surface area contributed by atoms with Gasteiger partial charge in [-0.05, 0) is 19.6 Å². The van der Waals surface area contributed by atoms with Crippen LogP contribution in [0.4, 0.5) is 6.01 Å². The molecule has 1 rings (SSSR count). The van der Waals surface area contributed by atoms with Gasteiger partial charge >= 0.3 is 5.97 Å². The highest BCUT2D eigenvalue weighted by atomic mass is 32.2. The second kappa shape index (κ2) is 7.21. The first-order valence-corrected chi connectivity index (χ1v) is 6.79. The monoisotopic (exact) mass is 258 g/mol. The maximum absolute atomic E-state index is 11.3. The van der Waals surface area contributed by atoms with Crippen LogP contribution in [0.2, 0.25) is 0 Å². The van der Waals surface area contributed by atoms with Crippen LogP contribution >= 0.6 is 11.8 Å². The predicted octanol–water partition coefficient (Wildman–Crippen LogP) is 2.40. The molecule has 1 unspecified atom stereocenters. The normalized spacial score (nSPS) is 12.2. The number of nitrogens with one attached hydrogen (secondary N) is 1. The van der Waals surface area contributed by atoms with Crippen LogP contribution in [0.1, 0.15) is 31.3 Å². The van der Waals surface area contributed by atoms with Gasteiger partial charge in [-0.15, -0.1) is 0 Å². The van der Waals surface area contributed by atoms with Gasteiger partial charge in [-0.1, -0.05) is 6.92 Å². The van der Waals surface area contributed by atoms with Crippen LogP contribution in [0.5, 0.6) is 0 Å². The molecule has 0 amide bonds. The van der Waals surface area contributed by atoms with Crippen LogP contribution in [-0.4, -0.2) is 35.1 Å². The van der Waals surface area contributed by atoms with Crippen LogP contribution in [0.15, 0.2) is 10.7 Å². The Bertz CT molecular complexity index is 354. The van der Waals surface area contributed by atoms with Crippen molar-refractivity contribution in [3.8, 4) is 0 Å². The Morgan fingerprint density at radius 3 is 3.06 bits per heavy atom. The van der Waals surface area contributed by atoms with Gasteiger partial charge in [0.1, 0.15) is 6.26 Å². The van der Waals surface area contributed by atoms with Crippen molar-refractivity contribution in [2.45, 2.75) is 26.8 Å². The number of thioether (sulfide) groups is 1. The van der Waals surface area contributed by atoms with Gasteiger partial charge in [0, 0.05) is 11.8 Å². The average molecular weight is 258 g/mol. The molecule has 1 N–H and O–H groups in total. The van der Waals surface area contributed by atoms with Crippen molar-refractivity contribution >= 4 is 23.7 Å². The molecule has 0 bridgehead atoms. The molecule has 0 aliphatic rings. The molecule has 0 spiro atoms. The molecule has 0 aliphatic heterocycles. The number of ether oxygens (including phenoxy) is 1. The summed E-state index contributed by atoms with van der Waals surface area (Å²) in [7, 11) is 0. The van der Waals surface area contributed by atoms with E-state index in [0.29, 0.717) is 12.6 Å². The van der Waals surface area contributed by atoms with Crippen LogP contribution in [0.25, 0.3) is 0 Å². The van der Waals surface area contributed by atoms with Gasteiger partial charge in [0.15, 0.2) is 5.69 Å². The maximum Gasteiger partial charge on any atom is 0.360 e. The van der Waals surface area contributed by atoms with E-state index < -0.39 is 5.97 Å². The molecule has 1 aromatic heterocycles. The molecule has 0 aromatic carbocycles. The zero-order chi connectivity index (χ0) is 12.7. The molecule has 1 aromatic rings. The first-order valence-electron chi connectivity index (χ1n) is 5.64. The van der Waals surface area contributed by atoms with Crippen LogP contribution in [0.3, 0.4) is 0 Å². The van der Waals surface area contributed by atoms with Crippen molar-refractivity contribution in [2.24, 2.45) is 0 Å². The summed E-state index contributed by atoms with van der Waals surface area (Å²) in [6.45, 7) is 6.23. The van der Waals surface area contributed by atoms with E-state index in [9.17, 15) is 4.79 Å². The van der Waals surface area contributed by atoms with E-state index in [1.165, 1.54) is 6.26 Å². The Hall–Kier alpha value is -1.17. The quantitative estimate of drug-likeness (QED) is 0.758. The summed E-state index contributed by atoms with van der Waals surface area (Å²) < 4.78 is 9.97. The number of rotatable bonds is 7. The molecule has 1 atom stereocenters. The molecule has 0 saturated carbocycles. The summed E-state index contributed by atoms with van der Waals surface area (Å²) in [5.41, 5.74) is 0.199. The van der Waals surface area contributed by atoms with Crippen molar-refractivity contribution < 1.29 is 13.9 Å². The number of hydrogen-bond acceptors (Lipinski definition) is 6. The number of carbonyl (C=O) groups excluding carboxylic acids is 1. The molecule has 0 aliphatic carbocycles. The lowest BCUT2D eigenvalue weighted by atomic mass is 10.4. The number of nitrogens with zero attached hydrogens (tertiary/aromatic N) is 1. The molecule has 0 saturated heterocycles. The fourth-order valence-electron chi connectivity index (χ4n) is 1.19. The van der Waals surface area contributed by atoms with Crippen molar-refractivity contribution in [3.63, 3.8) is 0 Å². The first kappa shape index (κ1) is 13.9. The molecular weight excluding hydrogens is 240 g/mol. The lowest BCUT2D eigenvalue weighted by Crippen LogP contribution is -2.18. The number of aromatic nitrogens is 1. The number of hydrogen-bond donors (Lipinski definition) is 1. The van der Waals surface area contributed by atoms with Crippen LogP contribution in [0, 0.1) is 0 Å². The Kier molecular flexibility index (Phi) is 5.90. The fourth-order valence-corrected chi connectivity index (χ4v) is 1.86. The topological polar surface area (TPSA) is 64.4 Å². The molecule has 96 valence electrons. The van der Waals surface area contributed by atoms with Gasteiger partial charge in [-0.2, -0.15) is 16.7 Å². The lowest BCUT2D eigenvalue weighted by molar-refractivity contribution is 0.0519. The molecule has 0 fully saturated rings. The van der Waals surface area contributed by atoms with E-state index in [1.54, 1.807) is 6.92 Å². The lowest BCUT2D eigenvalue weighted by Gasteiger charge is -2.10. The third kappa shape index (κ3) is 4.68. The van der Waals surface area contributed by atoms with Gasteiger partial charge in [0.25, 0.3) is 6.01 Å². The van der Waals surface area contributed by atoms with Crippen LogP contribution in [-0.2, 0) is 4.74 Å². The standard InChI is InChI=1S/C11H18N2O3S/c1-4-15-10(14)9-6-16-11(13-9)12-8(3)7-17-5-2/h6,8H,4-5,7H2,1-3H3,(H,12,13). The summed E-state index contributed by atoms with van der Waals surface area (Å²) in [5.74, 6) is 1.58. The van der Waals surface area contributed by atoms with Gasteiger partial charge in [-0.3, -0.25) is 0 Å². The van der Waals surface area contributed by atoms with E-state index in [4.69, 9.17) is 9.15 Å².